The Morgan fingerprint density at radius 1 is 1.39 bits per heavy atom. The van der Waals surface area contributed by atoms with Crippen LogP contribution in [-0.2, 0) is 14.6 Å². The van der Waals surface area contributed by atoms with Crippen molar-refractivity contribution in [1.29, 1.82) is 5.26 Å². The lowest BCUT2D eigenvalue weighted by atomic mass is 10.2. The molecule has 0 bridgehead atoms. The summed E-state index contributed by atoms with van der Waals surface area (Å²) in [5.41, 5.74) is 6.01. The minimum absolute atomic E-state index is 0.0253. The van der Waals surface area contributed by atoms with Gasteiger partial charge in [-0.25, -0.2) is 17.9 Å². The molecule has 0 atom stereocenters. The average Bonchev–Trinajstić information content (AvgIpc) is 2.83. The minimum atomic E-state index is -3.33. The first-order chi connectivity index (χ1) is 10.8. The predicted molar refractivity (Wildman–Crippen MR) is 81.8 cm³/mol. The Morgan fingerprint density at radius 2 is 2.00 bits per heavy atom. The molecule has 1 aromatic carbocycles. The molecular formula is C14H14N4O4S. The van der Waals surface area contributed by atoms with Gasteiger partial charge in [-0.2, -0.15) is 10.4 Å². The van der Waals surface area contributed by atoms with Crippen molar-refractivity contribution >= 4 is 21.6 Å². The van der Waals surface area contributed by atoms with E-state index in [-0.39, 0.29) is 28.6 Å². The van der Waals surface area contributed by atoms with E-state index in [9.17, 15) is 13.2 Å². The SMILES string of the molecule is CCOC(=O)c1nn(-c2ccc(S(C)(=O)=O)cc2)c(N)c1C#N. The van der Waals surface area contributed by atoms with Crippen molar-refractivity contribution in [3.63, 3.8) is 0 Å². The standard InChI is InChI=1S/C14H14N4O4S/c1-3-22-14(19)12-11(8-15)13(16)18(17-12)9-4-6-10(7-5-9)23(2,20)21/h4-7H,3,16H2,1-2H3. The van der Waals surface area contributed by atoms with Crippen LogP contribution in [0.5, 0.6) is 0 Å². The van der Waals surface area contributed by atoms with E-state index in [2.05, 4.69) is 5.10 Å². The molecule has 8 nitrogen and oxygen atoms in total. The highest BCUT2D eigenvalue weighted by Crippen LogP contribution is 2.22. The van der Waals surface area contributed by atoms with Crippen LogP contribution in [0.25, 0.3) is 5.69 Å². The van der Waals surface area contributed by atoms with Crippen LogP contribution in [0.1, 0.15) is 23.0 Å². The van der Waals surface area contributed by atoms with Gasteiger partial charge in [0.2, 0.25) is 0 Å². The number of hydrogen-bond acceptors (Lipinski definition) is 7. The molecule has 0 unspecified atom stereocenters. The molecule has 0 radical (unpaired) electrons. The first-order valence-corrected chi connectivity index (χ1v) is 8.45. The van der Waals surface area contributed by atoms with Gasteiger partial charge in [0.05, 0.1) is 17.2 Å². The third-order valence-corrected chi connectivity index (χ3v) is 4.14. The van der Waals surface area contributed by atoms with Gasteiger partial charge in [0.25, 0.3) is 0 Å². The van der Waals surface area contributed by atoms with Gasteiger partial charge in [0, 0.05) is 6.26 Å². The molecule has 0 aliphatic carbocycles. The normalized spacial score (nSPS) is 11.0. The Morgan fingerprint density at radius 3 is 2.48 bits per heavy atom. The molecule has 0 saturated carbocycles. The monoisotopic (exact) mass is 334 g/mol. The molecule has 120 valence electrons. The van der Waals surface area contributed by atoms with Crippen molar-refractivity contribution in [2.24, 2.45) is 0 Å². The Labute approximate surface area is 133 Å². The van der Waals surface area contributed by atoms with Crippen LogP contribution in [0.2, 0.25) is 0 Å². The third kappa shape index (κ3) is 3.17. The quantitative estimate of drug-likeness (QED) is 0.823. The van der Waals surface area contributed by atoms with Crippen LogP contribution in [0.15, 0.2) is 29.2 Å². The Kier molecular flexibility index (Phi) is 4.38. The lowest BCUT2D eigenvalue weighted by molar-refractivity contribution is 0.0518. The number of carbonyl (C=O) groups is 1. The second-order valence-electron chi connectivity index (χ2n) is 4.62. The average molecular weight is 334 g/mol. The summed E-state index contributed by atoms with van der Waals surface area (Å²) in [7, 11) is -3.33. The van der Waals surface area contributed by atoms with Crippen molar-refractivity contribution in [1.82, 2.24) is 9.78 Å². The molecule has 0 aliphatic rings. The molecule has 0 aliphatic heterocycles. The minimum Gasteiger partial charge on any atom is -0.461 e. The summed E-state index contributed by atoms with van der Waals surface area (Å²) in [6.07, 6.45) is 1.09. The number of nitriles is 1. The number of rotatable bonds is 4. The molecule has 0 fully saturated rings. The molecule has 1 heterocycles. The molecule has 0 spiro atoms. The van der Waals surface area contributed by atoms with Crippen LogP contribution in [0.4, 0.5) is 5.82 Å². The summed E-state index contributed by atoms with van der Waals surface area (Å²) >= 11 is 0. The lowest BCUT2D eigenvalue weighted by Gasteiger charge is -2.05. The van der Waals surface area contributed by atoms with Gasteiger partial charge >= 0.3 is 5.97 Å². The van der Waals surface area contributed by atoms with Gasteiger partial charge in [0.1, 0.15) is 17.5 Å². The summed E-state index contributed by atoms with van der Waals surface area (Å²) in [6.45, 7) is 1.77. The highest BCUT2D eigenvalue weighted by atomic mass is 32.2. The fourth-order valence-electron chi connectivity index (χ4n) is 1.92. The summed E-state index contributed by atoms with van der Waals surface area (Å²) in [5, 5.41) is 13.2. The first kappa shape index (κ1) is 16.5. The third-order valence-electron chi connectivity index (χ3n) is 3.01. The largest absolute Gasteiger partial charge is 0.461 e. The Balaban J connectivity index is 2.53. The van der Waals surface area contributed by atoms with E-state index in [4.69, 9.17) is 15.7 Å². The molecule has 2 aromatic rings. The van der Waals surface area contributed by atoms with Crippen molar-refractivity contribution < 1.29 is 17.9 Å². The number of anilines is 1. The van der Waals surface area contributed by atoms with Crippen molar-refractivity contribution in [3.05, 3.63) is 35.5 Å². The molecule has 2 rings (SSSR count). The number of hydrogen-bond donors (Lipinski definition) is 1. The Hall–Kier alpha value is -2.86. The summed E-state index contributed by atoms with van der Waals surface area (Å²) in [6, 6.07) is 7.57. The number of aromatic nitrogens is 2. The first-order valence-electron chi connectivity index (χ1n) is 6.55. The van der Waals surface area contributed by atoms with Crippen molar-refractivity contribution in [2.45, 2.75) is 11.8 Å². The number of nitrogens with two attached hydrogens (primary N) is 1. The molecule has 2 N–H and O–H groups in total. The number of nitrogens with zero attached hydrogens (tertiary/aromatic N) is 3. The maximum Gasteiger partial charge on any atom is 0.360 e. The maximum absolute atomic E-state index is 11.8. The number of carbonyl (C=O) groups excluding carboxylic acids is 1. The molecular weight excluding hydrogens is 320 g/mol. The number of nitrogen functional groups attached to an aromatic ring is 1. The van der Waals surface area contributed by atoms with E-state index in [0.717, 1.165) is 6.26 Å². The van der Waals surface area contributed by atoms with E-state index in [1.165, 1.54) is 28.9 Å². The molecule has 23 heavy (non-hydrogen) atoms. The lowest BCUT2D eigenvalue weighted by Crippen LogP contribution is -2.08. The van der Waals surface area contributed by atoms with E-state index >= 15 is 0 Å². The van der Waals surface area contributed by atoms with Crippen LogP contribution in [0.3, 0.4) is 0 Å². The fraction of sp³-hybridized carbons (Fsp3) is 0.214. The predicted octanol–water partition coefficient (Wildman–Crippen LogP) is 0.906. The highest BCUT2D eigenvalue weighted by molar-refractivity contribution is 7.90. The summed E-state index contributed by atoms with van der Waals surface area (Å²) < 4.78 is 29.0. The molecule has 0 amide bonds. The Bertz CT molecular complexity index is 892. The fourth-order valence-corrected chi connectivity index (χ4v) is 2.55. The van der Waals surface area contributed by atoms with E-state index in [1.807, 2.05) is 6.07 Å². The van der Waals surface area contributed by atoms with E-state index < -0.39 is 15.8 Å². The second kappa shape index (κ2) is 6.10. The van der Waals surface area contributed by atoms with Crippen LogP contribution in [-0.4, -0.2) is 37.0 Å². The molecule has 9 heteroatoms. The number of esters is 1. The van der Waals surface area contributed by atoms with Gasteiger partial charge in [-0.05, 0) is 31.2 Å². The van der Waals surface area contributed by atoms with Crippen LogP contribution in [0, 0.1) is 11.3 Å². The number of benzene rings is 1. The molecule has 0 saturated heterocycles. The van der Waals surface area contributed by atoms with Gasteiger partial charge in [0.15, 0.2) is 15.5 Å². The number of ether oxygens (including phenoxy) is 1. The van der Waals surface area contributed by atoms with Gasteiger partial charge in [-0.1, -0.05) is 0 Å². The maximum atomic E-state index is 11.8. The van der Waals surface area contributed by atoms with Crippen molar-refractivity contribution in [2.75, 3.05) is 18.6 Å². The zero-order chi connectivity index (χ0) is 17.2. The highest BCUT2D eigenvalue weighted by Gasteiger charge is 2.23. The van der Waals surface area contributed by atoms with Crippen LogP contribution < -0.4 is 5.73 Å². The van der Waals surface area contributed by atoms with Crippen LogP contribution >= 0.6 is 0 Å². The smallest absolute Gasteiger partial charge is 0.360 e. The van der Waals surface area contributed by atoms with E-state index in [0.29, 0.717) is 5.69 Å². The molecule has 1 aromatic heterocycles. The summed E-state index contributed by atoms with van der Waals surface area (Å²) in [5.74, 6) is -0.773. The number of sulfone groups is 1. The van der Waals surface area contributed by atoms with E-state index in [1.54, 1.807) is 6.92 Å². The summed E-state index contributed by atoms with van der Waals surface area (Å²) in [4.78, 5) is 12.0. The topological polar surface area (TPSA) is 128 Å². The zero-order valence-corrected chi connectivity index (χ0v) is 13.3. The van der Waals surface area contributed by atoms with Gasteiger partial charge < -0.3 is 10.5 Å². The van der Waals surface area contributed by atoms with Crippen molar-refractivity contribution in [3.8, 4) is 11.8 Å². The van der Waals surface area contributed by atoms with Gasteiger partial charge in [-0.15, -0.1) is 0 Å². The second-order valence-corrected chi connectivity index (χ2v) is 6.63. The zero-order valence-electron chi connectivity index (χ0n) is 12.5. The van der Waals surface area contributed by atoms with Gasteiger partial charge in [-0.3, -0.25) is 0 Å².